The van der Waals surface area contributed by atoms with Crippen LogP contribution in [0.3, 0.4) is 0 Å². The number of hydrogen-bond acceptors (Lipinski definition) is 5. The number of hydrogen-bond donors (Lipinski definition) is 0. The Balaban J connectivity index is 2.73. The molecule has 5 nitrogen and oxygen atoms in total. The number of rotatable bonds is 74. The van der Waals surface area contributed by atoms with Gasteiger partial charge in [0.05, 0.1) is 0 Å². The molecule has 87 heavy (non-hydrogen) atoms. The van der Waals surface area contributed by atoms with E-state index in [2.05, 4.69) is 83.4 Å². The van der Waals surface area contributed by atoms with Gasteiger partial charge in [-0.2, -0.15) is 0 Å². The predicted molar refractivity (Wildman–Crippen MR) is 397 cm³/mol. The van der Waals surface area contributed by atoms with Crippen LogP contribution in [0.25, 0.3) is 0 Å². The van der Waals surface area contributed by atoms with Gasteiger partial charge in [-0.1, -0.05) is 348 Å². The van der Waals surface area contributed by atoms with E-state index in [1.807, 2.05) is 0 Å². The van der Waals surface area contributed by atoms with Crippen LogP contribution >= 0.6 is 0 Å². The van der Waals surface area contributed by atoms with Crippen LogP contribution in [0.2, 0.25) is 0 Å². The summed E-state index contributed by atoms with van der Waals surface area (Å²) in [4.78, 5) is 14.5. The maximum Gasteiger partial charge on any atom is 0.0110 e. The van der Waals surface area contributed by atoms with E-state index in [-0.39, 0.29) is 0 Å². The van der Waals surface area contributed by atoms with Crippen molar-refractivity contribution in [3.63, 3.8) is 0 Å². The van der Waals surface area contributed by atoms with E-state index >= 15 is 0 Å². The molecular formula is C82H165N5. The van der Waals surface area contributed by atoms with Gasteiger partial charge in [-0.25, -0.2) is 0 Å². The van der Waals surface area contributed by atoms with E-state index < -0.39 is 0 Å². The summed E-state index contributed by atoms with van der Waals surface area (Å²) in [6.07, 6.45) is 92.1. The van der Waals surface area contributed by atoms with Gasteiger partial charge in [0.2, 0.25) is 0 Å². The van der Waals surface area contributed by atoms with Crippen LogP contribution in [0.5, 0.6) is 0 Å². The number of unbranched alkanes of at least 4 members (excludes halogenated alkanes) is 51. The average Bonchev–Trinajstić information content (AvgIpc) is 3.58. The molecule has 0 saturated carbocycles. The fraction of sp³-hybridized carbons (Fsp3) is 0.951. The summed E-state index contributed by atoms with van der Waals surface area (Å²) < 4.78 is 0. The molecule has 0 aromatic heterocycles. The first-order valence-electron chi connectivity index (χ1n) is 41.1. The Morgan fingerprint density at radius 2 is 0.345 bits per heavy atom. The summed E-state index contributed by atoms with van der Waals surface area (Å²) in [6, 6.07) is 0. The zero-order valence-corrected chi connectivity index (χ0v) is 61.2. The Morgan fingerprint density at radius 3 is 0.552 bits per heavy atom. The van der Waals surface area contributed by atoms with Crippen molar-refractivity contribution in [3.05, 3.63) is 24.3 Å². The lowest BCUT2D eigenvalue weighted by Crippen LogP contribution is -2.50. The van der Waals surface area contributed by atoms with Crippen molar-refractivity contribution in [3.8, 4) is 0 Å². The summed E-state index contributed by atoms with van der Waals surface area (Å²) in [5.41, 5.74) is 0. The minimum Gasteiger partial charge on any atom is -0.302 e. The van der Waals surface area contributed by atoms with Crippen molar-refractivity contribution in [1.82, 2.24) is 24.5 Å². The Kier molecular flexibility index (Phi) is 70.4. The zero-order chi connectivity index (χ0) is 62.3. The first-order valence-corrected chi connectivity index (χ1v) is 41.1. The Hall–Kier alpha value is -0.720. The third kappa shape index (κ3) is 63.8. The van der Waals surface area contributed by atoms with Gasteiger partial charge in [0.15, 0.2) is 0 Å². The van der Waals surface area contributed by atoms with Crippen molar-refractivity contribution in [1.29, 1.82) is 0 Å². The maximum atomic E-state index is 2.94. The lowest BCUT2D eigenvalue weighted by Gasteiger charge is -2.37. The van der Waals surface area contributed by atoms with Crippen molar-refractivity contribution in [2.24, 2.45) is 0 Å². The van der Waals surface area contributed by atoms with Gasteiger partial charge in [-0.3, -0.25) is 9.80 Å². The summed E-state index contributed by atoms with van der Waals surface area (Å²) >= 11 is 0. The smallest absolute Gasteiger partial charge is 0.0110 e. The zero-order valence-electron chi connectivity index (χ0n) is 61.2. The molecule has 0 aliphatic carbocycles. The van der Waals surface area contributed by atoms with E-state index in [9.17, 15) is 0 Å². The van der Waals surface area contributed by atoms with E-state index in [1.165, 1.54) is 471 Å². The van der Waals surface area contributed by atoms with Gasteiger partial charge in [0, 0.05) is 65.4 Å². The Bertz CT molecular complexity index is 1240. The predicted octanol–water partition coefficient (Wildman–Crippen LogP) is 25.3. The second-order valence-electron chi connectivity index (χ2n) is 28.6. The molecule has 518 valence electrons. The van der Waals surface area contributed by atoms with Crippen LogP contribution in [-0.4, -0.2) is 123 Å². The van der Waals surface area contributed by atoms with Crippen LogP contribution in [0.4, 0.5) is 0 Å². The first-order chi connectivity index (χ1) is 43.2. The molecule has 0 amide bonds. The largest absolute Gasteiger partial charge is 0.302 e. The molecule has 5 heteroatoms. The average molecular weight is 1220 g/mol. The molecule has 1 aliphatic heterocycles. The Labute approximate surface area is 551 Å². The number of nitrogens with zero attached hydrogens (tertiary/aromatic N) is 5. The third-order valence-corrected chi connectivity index (χ3v) is 20.1. The number of piperazine rings is 1. The molecule has 0 spiro atoms. The molecular weight excluding hydrogens is 1050 g/mol. The van der Waals surface area contributed by atoms with Gasteiger partial charge in [0.1, 0.15) is 0 Å². The molecule has 1 rings (SSSR count). The molecule has 0 bridgehead atoms. The van der Waals surface area contributed by atoms with Crippen molar-refractivity contribution < 1.29 is 0 Å². The Morgan fingerprint density at radius 1 is 0.184 bits per heavy atom. The molecule has 1 heterocycles. The monoisotopic (exact) mass is 1220 g/mol. The van der Waals surface area contributed by atoms with Crippen molar-refractivity contribution in [2.45, 2.75) is 407 Å². The minimum absolute atomic E-state index is 1.26. The lowest BCUT2D eigenvalue weighted by atomic mass is 10.1. The van der Waals surface area contributed by atoms with Crippen LogP contribution in [0.1, 0.15) is 407 Å². The van der Waals surface area contributed by atoms with Crippen molar-refractivity contribution in [2.75, 3.05) is 98.2 Å². The van der Waals surface area contributed by atoms with E-state index in [0.29, 0.717) is 0 Å². The highest BCUT2D eigenvalue weighted by molar-refractivity contribution is 4.82. The van der Waals surface area contributed by atoms with Crippen LogP contribution in [0.15, 0.2) is 24.3 Å². The molecule has 1 fully saturated rings. The summed E-state index contributed by atoms with van der Waals surface area (Å²) in [7, 11) is 0. The summed E-state index contributed by atoms with van der Waals surface area (Å²) in [5, 5.41) is 0. The van der Waals surface area contributed by atoms with E-state index in [0.717, 1.165) is 0 Å². The fourth-order valence-electron chi connectivity index (χ4n) is 13.7. The van der Waals surface area contributed by atoms with Gasteiger partial charge in [0.25, 0.3) is 0 Å². The van der Waals surface area contributed by atoms with Gasteiger partial charge in [-0.05, 0) is 116 Å². The summed E-state index contributed by atoms with van der Waals surface area (Å²) in [6.45, 7) is 30.9. The molecule has 1 aliphatic rings. The topological polar surface area (TPSA) is 16.2 Å². The highest BCUT2D eigenvalue weighted by Gasteiger charge is 2.19. The highest BCUT2D eigenvalue weighted by atomic mass is 15.3. The second-order valence-corrected chi connectivity index (χ2v) is 28.6. The SMILES string of the molecule is CCCCCCCC/C=C\CCCCCCCCN(CCCCCCCC/C=C\CCCCCCCC)CCN1CCN(CCN(CCCCCCCCCCCC)CCN(CCCCCCCCCCCC)CCCCCCCCCCCC)CC1. The molecule has 0 aromatic rings. The van der Waals surface area contributed by atoms with Gasteiger partial charge >= 0.3 is 0 Å². The molecule has 0 unspecified atom stereocenters. The minimum atomic E-state index is 1.26. The second kappa shape index (κ2) is 72.7. The van der Waals surface area contributed by atoms with Gasteiger partial charge < -0.3 is 14.7 Å². The fourth-order valence-corrected chi connectivity index (χ4v) is 13.7. The van der Waals surface area contributed by atoms with Crippen LogP contribution in [0, 0.1) is 0 Å². The maximum absolute atomic E-state index is 2.94. The van der Waals surface area contributed by atoms with Crippen LogP contribution < -0.4 is 0 Å². The van der Waals surface area contributed by atoms with Crippen LogP contribution in [-0.2, 0) is 0 Å². The first kappa shape index (κ1) is 84.3. The quantitative estimate of drug-likeness (QED) is 0.0444. The van der Waals surface area contributed by atoms with Gasteiger partial charge in [-0.15, -0.1) is 0 Å². The standard InChI is InChI=1S/C82H165N5/c1-6-11-16-21-26-31-36-38-40-42-44-46-51-55-60-65-70-84(71-66-61-56-52-47-45-43-41-39-37-32-27-22-17-12-7-2)74-77-86-79-81-87(82-80-86)78-76-85(72-67-62-57-50-35-30-25-20-15-10-5)75-73-83(68-63-58-53-48-33-28-23-18-13-8-3)69-64-59-54-49-34-29-24-19-14-9-4/h38-41H,6-37,42-82H2,1-5H3/b40-38-,41-39-. The summed E-state index contributed by atoms with van der Waals surface area (Å²) in [5.74, 6) is 0. The number of allylic oxidation sites excluding steroid dienone is 4. The molecule has 0 N–H and O–H groups in total. The molecule has 1 saturated heterocycles. The molecule has 0 atom stereocenters. The third-order valence-electron chi connectivity index (χ3n) is 20.1. The normalized spacial score (nSPS) is 13.7. The van der Waals surface area contributed by atoms with Crippen molar-refractivity contribution >= 4 is 0 Å². The molecule has 0 radical (unpaired) electrons. The molecule has 0 aromatic carbocycles. The highest BCUT2D eigenvalue weighted by Crippen LogP contribution is 2.18. The van der Waals surface area contributed by atoms with E-state index in [1.54, 1.807) is 0 Å². The lowest BCUT2D eigenvalue weighted by molar-refractivity contribution is 0.104. The van der Waals surface area contributed by atoms with E-state index in [4.69, 9.17) is 0 Å².